The number of nitrogens with zero attached hydrogens (tertiary/aromatic N) is 1. The normalized spacial score (nSPS) is 12.3. The van der Waals surface area contributed by atoms with Crippen molar-refractivity contribution in [3.63, 3.8) is 0 Å². The number of carbonyl (C=O) groups is 2. The largest absolute Gasteiger partial charge is 0.465 e. The maximum atomic E-state index is 12.1. The van der Waals surface area contributed by atoms with Gasteiger partial charge in [0.15, 0.2) is 0 Å². The van der Waals surface area contributed by atoms with Crippen LogP contribution in [-0.2, 0) is 16.0 Å². The van der Waals surface area contributed by atoms with Crippen LogP contribution in [0.4, 0.5) is 0 Å². The first-order valence-corrected chi connectivity index (χ1v) is 9.51. The second kappa shape index (κ2) is 11.1. The zero-order chi connectivity index (χ0) is 20.4. The van der Waals surface area contributed by atoms with Crippen LogP contribution in [-0.4, -0.2) is 43.9 Å². The van der Waals surface area contributed by atoms with E-state index in [-0.39, 0.29) is 30.8 Å². The molecule has 6 nitrogen and oxygen atoms in total. The van der Waals surface area contributed by atoms with Gasteiger partial charge in [-0.15, -0.1) is 0 Å². The first-order valence-electron chi connectivity index (χ1n) is 9.51. The van der Waals surface area contributed by atoms with Gasteiger partial charge in [0.1, 0.15) is 5.76 Å². The molecule has 28 heavy (non-hydrogen) atoms. The predicted molar refractivity (Wildman–Crippen MR) is 111 cm³/mol. The van der Waals surface area contributed by atoms with Gasteiger partial charge in [-0.3, -0.25) is 9.59 Å². The molecule has 150 valence electrons. The number of furan rings is 1. The number of hydrogen-bond donors (Lipinski definition) is 2. The van der Waals surface area contributed by atoms with Crippen molar-refractivity contribution >= 4 is 17.9 Å². The molecule has 2 aromatic rings. The number of carbonyl (C=O) groups excluding carboxylic acids is 2. The number of aryl methyl sites for hydroxylation is 1. The van der Waals surface area contributed by atoms with Crippen molar-refractivity contribution in [3.8, 4) is 0 Å². The second-order valence-corrected chi connectivity index (χ2v) is 6.77. The molecular formula is C22H29N3O3. The van der Waals surface area contributed by atoms with Crippen LogP contribution in [0, 0.1) is 0 Å². The van der Waals surface area contributed by atoms with E-state index >= 15 is 0 Å². The molecule has 1 unspecified atom stereocenters. The lowest BCUT2D eigenvalue weighted by Crippen LogP contribution is -2.36. The summed E-state index contributed by atoms with van der Waals surface area (Å²) in [4.78, 5) is 25.9. The van der Waals surface area contributed by atoms with E-state index < -0.39 is 0 Å². The summed E-state index contributed by atoms with van der Waals surface area (Å²) in [5.41, 5.74) is 2.46. The van der Waals surface area contributed by atoms with E-state index in [1.54, 1.807) is 24.5 Å². The van der Waals surface area contributed by atoms with Crippen LogP contribution < -0.4 is 10.6 Å². The molecule has 1 atom stereocenters. The number of amides is 2. The van der Waals surface area contributed by atoms with Gasteiger partial charge in [0.25, 0.3) is 0 Å². The summed E-state index contributed by atoms with van der Waals surface area (Å²) in [7, 11) is 3.99. The minimum absolute atomic E-state index is 0.0904. The first-order chi connectivity index (χ1) is 13.5. The Kier molecular flexibility index (Phi) is 8.49. The average molecular weight is 383 g/mol. The van der Waals surface area contributed by atoms with E-state index in [0.717, 1.165) is 6.42 Å². The fraction of sp³-hybridized carbons (Fsp3) is 0.364. The van der Waals surface area contributed by atoms with E-state index in [0.29, 0.717) is 12.3 Å². The summed E-state index contributed by atoms with van der Waals surface area (Å²) < 4.78 is 5.11. The van der Waals surface area contributed by atoms with E-state index in [9.17, 15) is 9.59 Å². The lowest BCUT2D eigenvalue weighted by Gasteiger charge is -2.25. The van der Waals surface area contributed by atoms with E-state index in [2.05, 4.69) is 46.7 Å². The maximum absolute atomic E-state index is 12.1. The highest BCUT2D eigenvalue weighted by Gasteiger charge is 2.15. The highest BCUT2D eigenvalue weighted by molar-refractivity contribution is 5.91. The molecule has 1 aromatic carbocycles. The molecule has 0 saturated carbocycles. The van der Waals surface area contributed by atoms with E-state index in [4.69, 9.17) is 4.42 Å². The quantitative estimate of drug-likeness (QED) is 0.619. The number of hydrogen-bond acceptors (Lipinski definition) is 4. The lowest BCUT2D eigenvalue weighted by atomic mass is 10.0. The molecule has 2 amide bonds. The molecule has 1 heterocycles. The van der Waals surface area contributed by atoms with Crippen molar-refractivity contribution in [1.82, 2.24) is 15.5 Å². The molecule has 0 bridgehead atoms. The molecule has 0 fully saturated rings. The van der Waals surface area contributed by atoms with Crippen molar-refractivity contribution in [2.24, 2.45) is 0 Å². The van der Waals surface area contributed by atoms with Crippen molar-refractivity contribution in [2.45, 2.75) is 25.8 Å². The molecule has 0 saturated heterocycles. The van der Waals surface area contributed by atoms with Gasteiger partial charge >= 0.3 is 0 Å². The number of likely N-dealkylation sites (N-methyl/N-ethyl adjacent to an activating group) is 1. The second-order valence-electron chi connectivity index (χ2n) is 6.77. The lowest BCUT2D eigenvalue weighted by molar-refractivity contribution is -0.121. The zero-order valence-corrected chi connectivity index (χ0v) is 16.8. The fourth-order valence-electron chi connectivity index (χ4n) is 2.78. The van der Waals surface area contributed by atoms with E-state index in [1.807, 2.05) is 14.1 Å². The molecule has 0 aliphatic carbocycles. The van der Waals surface area contributed by atoms with Crippen LogP contribution in [0.3, 0.4) is 0 Å². The van der Waals surface area contributed by atoms with Gasteiger partial charge in [-0.2, -0.15) is 0 Å². The Bertz CT molecular complexity index is 765. The summed E-state index contributed by atoms with van der Waals surface area (Å²) in [5, 5.41) is 5.65. The molecule has 0 aliphatic rings. The number of nitrogens with one attached hydrogen (secondary N) is 2. The highest BCUT2D eigenvalue weighted by Crippen LogP contribution is 2.18. The molecule has 0 aliphatic heterocycles. The molecule has 2 N–H and O–H groups in total. The smallest absolute Gasteiger partial charge is 0.244 e. The van der Waals surface area contributed by atoms with Gasteiger partial charge in [-0.05, 0) is 49.9 Å². The van der Waals surface area contributed by atoms with Gasteiger partial charge < -0.3 is 20.0 Å². The van der Waals surface area contributed by atoms with Crippen LogP contribution in [0.25, 0.3) is 6.08 Å². The fourth-order valence-corrected chi connectivity index (χ4v) is 2.78. The standard InChI is InChI=1S/C22H29N3O3/c1-4-17-7-9-18(10-8-17)20(25(2)3)16-24-22(27)13-14-23-21(26)12-11-19-6-5-15-28-19/h5-12,15,20H,4,13-14,16H2,1-3H3,(H,23,26)(H,24,27)/b12-11+. The topological polar surface area (TPSA) is 74.6 Å². The van der Waals surface area contributed by atoms with E-state index in [1.165, 1.54) is 17.2 Å². The Hall–Kier alpha value is -2.86. The highest BCUT2D eigenvalue weighted by atomic mass is 16.3. The third kappa shape index (κ3) is 7.04. The summed E-state index contributed by atoms with van der Waals surface area (Å²) in [6.07, 6.45) is 5.75. The minimum atomic E-state index is -0.258. The van der Waals surface area contributed by atoms with Crippen LogP contribution >= 0.6 is 0 Å². The summed E-state index contributed by atoms with van der Waals surface area (Å²) in [5.74, 6) is 0.258. The maximum Gasteiger partial charge on any atom is 0.244 e. The van der Waals surface area contributed by atoms with Crippen molar-refractivity contribution < 1.29 is 14.0 Å². The number of benzene rings is 1. The monoisotopic (exact) mass is 383 g/mol. The van der Waals surface area contributed by atoms with Crippen molar-refractivity contribution in [1.29, 1.82) is 0 Å². The zero-order valence-electron chi connectivity index (χ0n) is 16.8. The van der Waals surface area contributed by atoms with Crippen LogP contribution in [0.5, 0.6) is 0 Å². The Morgan fingerprint density at radius 2 is 1.89 bits per heavy atom. The van der Waals surface area contributed by atoms with Crippen molar-refractivity contribution in [2.75, 3.05) is 27.2 Å². The van der Waals surface area contributed by atoms with Gasteiger partial charge in [0, 0.05) is 25.6 Å². The van der Waals surface area contributed by atoms with Crippen LogP contribution in [0.2, 0.25) is 0 Å². The summed E-state index contributed by atoms with van der Waals surface area (Å²) >= 11 is 0. The Morgan fingerprint density at radius 1 is 1.14 bits per heavy atom. The third-order valence-electron chi connectivity index (χ3n) is 4.48. The summed E-state index contributed by atoms with van der Waals surface area (Å²) in [6, 6.07) is 12.1. The molecule has 0 radical (unpaired) electrons. The Balaban J connectivity index is 1.74. The molecule has 2 rings (SSSR count). The Morgan fingerprint density at radius 3 is 2.50 bits per heavy atom. The minimum Gasteiger partial charge on any atom is -0.465 e. The number of rotatable bonds is 10. The van der Waals surface area contributed by atoms with Crippen LogP contribution in [0.15, 0.2) is 53.2 Å². The molecule has 1 aromatic heterocycles. The molecule has 6 heteroatoms. The van der Waals surface area contributed by atoms with Crippen molar-refractivity contribution in [3.05, 3.63) is 65.6 Å². The third-order valence-corrected chi connectivity index (χ3v) is 4.48. The van der Waals surface area contributed by atoms with Gasteiger partial charge in [0.05, 0.1) is 12.3 Å². The summed E-state index contributed by atoms with van der Waals surface area (Å²) in [6.45, 7) is 2.93. The molecular weight excluding hydrogens is 354 g/mol. The SMILES string of the molecule is CCc1ccc(C(CNC(=O)CCNC(=O)/C=C/c2ccco2)N(C)C)cc1. The van der Waals surface area contributed by atoms with Gasteiger partial charge in [0.2, 0.25) is 11.8 Å². The van der Waals surface area contributed by atoms with Crippen LogP contribution in [0.1, 0.15) is 36.3 Å². The molecule has 0 spiro atoms. The average Bonchev–Trinajstić information content (AvgIpc) is 3.20. The van der Waals surface area contributed by atoms with Gasteiger partial charge in [-0.1, -0.05) is 31.2 Å². The van der Waals surface area contributed by atoms with Gasteiger partial charge in [-0.25, -0.2) is 0 Å². The predicted octanol–water partition coefficient (Wildman–Crippen LogP) is 2.78. The first kappa shape index (κ1) is 21.4. The Labute approximate surface area is 166 Å².